The summed E-state index contributed by atoms with van der Waals surface area (Å²) < 4.78 is 6.48. The molecule has 0 radical (unpaired) electrons. The highest BCUT2D eigenvalue weighted by molar-refractivity contribution is 6.68. The van der Waals surface area contributed by atoms with Crippen LogP contribution in [0.1, 0.15) is 27.7 Å². The Hall–Kier alpha value is -2.52. The molecular weight excluding hydrogens is 341 g/mol. The topological polar surface area (TPSA) is 21.3 Å². The lowest BCUT2D eigenvalue weighted by atomic mass is 9.54. The number of anilines is 2. The van der Waals surface area contributed by atoms with Gasteiger partial charge >= 0.3 is 6.92 Å². The Kier molecular flexibility index (Phi) is 3.76. The quantitative estimate of drug-likeness (QED) is 0.410. The maximum absolute atomic E-state index is 6.48. The van der Waals surface area contributed by atoms with Crippen molar-refractivity contribution < 1.29 is 4.65 Å². The summed E-state index contributed by atoms with van der Waals surface area (Å²) in [6, 6.07) is 24.0. The van der Waals surface area contributed by atoms with Gasteiger partial charge in [0.1, 0.15) is 0 Å². The van der Waals surface area contributed by atoms with Gasteiger partial charge in [-0.3, -0.25) is 0 Å². The predicted molar refractivity (Wildman–Crippen MR) is 120 cm³/mol. The highest BCUT2D eigenvalue weighted by Crippen LogP contribution is 2.46. The van der Waals surface area contributed by atoms with Crippen LogP contribution in [0, 0.1) is 5.41 Å². The van der Waals surface area contributed by atoms with E-state index in [1.807, 2.05) is 0 Å². The third-order valence-corrected chi connectivity index (χ3v) is 6.88. The molecular formula is C25H26BNO. The summed E-state index contributed by atoms with van der Waals surface area (Å²) in [7, 11) is 0. The van der Waals surface area contributed by atoms with Crippen molar-refractivity contribution in [3.05, 3.63) is 66.7 Å². The number of nitrogens with one attached hydrogen (secondary N) is 1. The third kappa shape index (κ3) is 2.61. The molecule has 1 N–H and O–H groups in total. The Morgan fingerprint density at radius 1 is 0.750 bits per heavy atom. The van der Waals surface area contributed by atoms with Crippen molar-refractivity contribution in [2.45, 2.75) is 39.6 Å². The van der Waals surface area contributed by atoms with Gasteiger partial charge in [0.25, 0.3) is 0 Å². The Morgan fingerprint density at radius 2 is 1.36 bits per heavy atom. The third-order valence-electron chi connectivity index (χ3n) is 6.88. The average Bonchev–Trinajstić information content (AvgIpc) is 2.82. The number of rotatable bonds is 1. The second kappa shape index (κ2) is 5.99. The van der Waals surface area contributed by atoms with Gasteiger partial charge in [0.15, 0.2) is 0 Å². The van der Waals surface area contributed by atoms with Gasteiger partial charge in [-0.15, -0.1) is 0 Å². The van der Waals surface area contributed by atoms with E-state index < -0.39 is 0 Å². The minimum atomic E-state index is -0.128. The fraction of sp³-hybridized carbons (Fsp3) is 0.280. The van der Waals surface area contributed by atoms with Crippen LogP contribution in [0.2, 0.25) is 6.32 Å². The average molecular weight is 367 g/mol. The smallest absolute Gasteiger partial charge is 0.328 e. The monoisotopic (exact) mass is 367 g/mol. The molecule has 0 aromatic heterocycles. The molecule has 0 unspecified atom stereocenters. The highest BCUT2D eigenvalue weighted by Gasteiger charge is 2.49. The molecule has 28 heavy (non-hydrogen) atoms. The molecule has 2 nitrogen and oxygen atoms in total. The fourth-order valence-corrected chi connectivity index (χ4v) is 4.48. The number of benzene rings is 3. The van der Waals surface area contributed by atoms with Crippen molar-refractivity contribution in [2.24, 2.45) is 5.41 Å². The number of hydrogen-bond acceptors (Lipinski definition) is 2. The zero-order chi connectivity index (χ0) is 19.5. The van der Waals surface area contributed by atoms with Crippen molar-refractivity contribution in [1.29, 1.82) is 0 Å². The normalized spacial score (nSPS) is 18.5. The fourth-order valence-electron chi connectivity index (χ4n) is 4.48. The van der Waals surface area contributed by atoms with Gasteiger partial charge in [-0.25, -0.2) is 0 Å². The summed E-state index contributed by atoms with van der Waals surface area (Å²) in [5.41, 5.74) is 8.61. The number of fused-ring (bicyclic) bond motifs is 5. The molecule has 1 fully saturated rings. The van der Waals surface area contributed by atoms with Crippen molar-refractivity contribution in [3.8, 4) is 22.3 Å². The number of para-hydroxylation sites is 1. The first-order valence-corrected chi connectivity index (χ1v) is 10.1. The van der Waals surface area contributed by atoms with Crippen LogP contribution >= 0.6 is 0 Å². The van der Waals surface area contributed by atoms with E-state index in [1.54, 1.807) is 0 Å². The van der Waals surface area contributed by atoms with Gasteiger partial charge in [-0.05, 0) is 54.3 Å². The Morgan fingerprint density at radius 3 is 2.00 bits per heavy atom. The maximum atomic E-state index is 6.48. The molecule has 3 aromatic carbocycles. The van der Waals surface area contributed by atoms with Crippen molar-refractivity contribution >= 4 is 23.8 Å². The molecule has 1 saturated heterocycles. The Bertz CT molecular complexity index is 1050. The lowest BCUT2D eigenvalue weighted by Gasteiger charge is -2.34. The van der Waals surface area contributed by atoms with Gasteiger partial charge in [0, 0.05) is 22.5 Å². The van der Waals surface area contributed by atoms with Crippen LogP contribution in [0.3, 0.4) is 0 Å². The molecule has 0 bridgehead atoms. The first kappa shape index (κ1) is 17.6. The standard InChI is InChI=1S/C25H26BNO/c1-24(2)16-26(28-25(24,3)4)17-13-14-21-19-10-6-5-9-18(19)20-11-7-8-12-22(20)27-23(21)15-17/h5-15,27H,16H2,1-4H3. The summed E-state index contributed by atoms with van der Waals surface area (Å²) in [6.45, 7) is 9.16. The van der Waals surface area contributed by atoms with Crippen LogP contribution in [0.25, 0.3) is 22.3 Å². The van der Waals surface area contributed by atoms with Gasteiger partial charge < -0.3 is 9.97 Å². The molecule has 2 aliphatic heterocycles. The van der Waals surface area contributed by atoms with E-state index in [4.69, 9.17) is 4.65 Å². The summed E-state index contributed by atoms with van der Waals surface area (Å²) in [4.78, 5) is 0. The Labute approximate surface area is 168 Å². The summed E-state index contributed by atoms with van der Waals surface area (Å²) in [5.74, 6) is 0. The molecule has 0 amide bonds. The van der Waals surface area contributed by atoms with Gasteiger partial charge in [-0.2, -0.15) is 0 Å². The second-order valence-electron chi connectivity index (χ2n) is 9.23. The molecule has 140 valence electrons. The zero-order valence-corrected chi connectivity index (χ0v) is 17.0. The lowest BCUT2D eigenvalue weighted by Crippen LogP contribution is -2.36. The summed E-state index contributed by atoms with van der Waals surface area (Å²) in [6.07, 6.45) is 1.03. The van der Waals surface area contributed by atoms with E-state index in [0.29, 0.717) is 0 Å². The molecule has 2 aliphatic rings. The molecule has 0 aliphatic carbocycles. The molecule has 0 saturated carbocycles. The van der Waals surface area contributed by atoms with Crippen molar-refractivity contribution in [1.82, 2.24) is 0 Å². The van der Waals surface area contributed by atoms with Crippen molar-refractivity contribution in [3.63, 3.8) is 0 Å². The minimum absolute atomic E-state index is 0.128. The van der Waals surface area contributed by atoms with Crippen LogP contribution < -0.4 is 10.8 Å². The molecule has 0 spiro atoms. The van der Waals surface area contributed by atoms with Crippen LogP contribution in [0.15, 0.2) is 66.7 Å². The second-order valence-corrected chi connectivity index (χ2v) is 9.23. The lowest BCUT2D eigenvalue weighted by molar-refractivity contribution is 0.0375. The Balaban J connectivity index is 1.64. The van der Waals surface area contributed by atoms with E-state index in [2.05, 4.69) is 99.7 Å². The molecule has 3 aromatic rings. The van der Waals surface area contributed by atoms with Crippen molar-refractivity contribution in [2.75, 3.05) is 5.32 Å². The van der Waals surface area contributed by atoms with Crippen LogP contribution in [-0.2, 0) is 4.65 Å². The first-order valence-electron chi connectivity index (χ1n) is 10.1. The summed E-state index contributed by atoms with van der Waals surface area (Å²) in [5, 5.41) is 3.70. The first-order chi connectivity index (χ1) is 13.4. The van der Waals surface area contributed by atoms with E-state index in [9.17, 15) is 0 Å². The molecule has 2 heterocycles. The maximum Gasteiger partial charge on any atom is 0.328 e. The SMILES string of the molecule is CC1(C)CB(c2ccc3c(c2)Nc2ccccc2-c2ccccc2-3)OC1(C)C. The van der Waals surface area contributed by atoms with E-state index >= 15 is 0 Å². The van der Waals surface area contributed by atoms with Crippen LogP contribution in [0.5, 0.6) is 0 Å². The van der Waals surface area contributed by atoms with E-state index in [1.165, 1.54) is 27.7 Å². The molecule has 0 atom stereocenters. The largest absolute Gasteiger partial charge is 0.426 e. The molecule has 3 heteroatoms. The van der Waals surface area contributed by atoms with Crippen LogP contribution in [0.4, 0.5) is 11.4 Å². The minimum Gasteiger partial charge on any atom is -0.426 e. The zero-order valence-electron chi connectivity index (χ0n) is 17.0. The van der Waals surface area contributed by atoms with E-state index in [0.717, 1.165) is 17.7 Å². The predicted octanol–water partition coefficient (Wildman–Crippen LogP) is 6.11. The van der Waals surface area contributed by atoms with Gasteiger partial charge in [0.05, 0.1) is 5.60 Å². The van der Waals surface area contributed by atoms with Crippen LogP contribution in [-0.4, -0.2) is 12.5 Å². The molecule has 5 rings (SSSR count). The van der Waals surface area contributed by atoms with E-state index in [-0.39, 0.29) is 17.9 Å². The van der Waals surface area contributed by atoms with Gasteiger partial charge in [0.2, 0.25) is 0 Å². The summed E-state index contributed by atoms with van der Waals surface area (Å²) >= 11 is 0. The van der Waals surface area contributed by atoms with Gasteiger partial charge in [-0.1, -0.05) is 68.4 Å². The highest BCUT2D eigenvalue weighted by atomic mass is 16.5. The number of hydrogen-bond donors (Lipinski definition) is 1.